The molecular formula is C10H19Si2. The monoisotopic (exact) mass is 195 g/mol. The second-order valence-electron chi connectivity index (χ2n) is 4.84. The topological polar surface area (TPSA) is 0 Å². The van der Waals surface area contributed by atoms with Crippen molar-refractivity contribution in [3.8, 4) is 0 Å². The molecule has 1 aliphatic carbocycles. The minimum atomic E-state index is -1.07. The molecule has 0 nitrogen and oxygen atoms in total. The van der Waals surface area contributed by atoms with Gasteiger partial charge in [0.15, 0.2) is 0 Å². The summed E-state index contributed by atoms with van der Waals surface area (Å²) in [6, 6.07) is 0. The second-order valence-corrected chi connectivity index (χ2v) is 13.5. The van der Waals surface area contributed by atoms with E-state index in [1.54, 1.807) is 0 Å². The van der Waals surface area contributed by atoms with Crippen molar-refractivity contribution in [2.75, 3.05) is 0 Å². The zero-order valence-corrected chi connectivity index (χ0v) is 10.8. The van der Waals surface area contributed by atoms with Gasteiger partial charge in [0.25, 0.3) is 0 Å². The second kappa shape index (κ2) is 3.00. The minimum absolute atomic E-state index is 0.241. The van der Waals surface area contributed by atoms with Crippen LogP contribution in [-0.2, 0) is 0 Å². The summed E-state index contributed by atoms with van der Waals surface area (Å²) in [6.07, 6.45) is 9.37. The Morgan fingerprint density at radius 2 is 1.42 bits per heavy atom. The van der Waals surface area contributed by atoms with Crippen molar-refractivity contribution in [3.63, 3.8) is 0 Å². The molecule has 0 saturated heterocycles. The molecule has 0 amide bonds. The van der Waals surface area contributed by atoms with E-state index in [4.69, 9.17) is 0 Å². The van der Waals surface area contributed by atoms with E-state index in [1.165, 1.54) is 0 Å². The maximum atomic E-state index is 2.48. The largest absolute Gasteiger partial charge is 0.0802 e. The Bertz CT molecular complexity index is 206. The number of hydrogen-bond acceptors (Lipinski definition) is 0. The molecule has 0 spiro atoms. The fourth-order valence-electron chi connectivity index (χ4n) is 2.05. The first kappa shape index (κ1) is 10.00. The first-order chi connectivity index (χ1) is 5.40. The highest BCUT2D eigenvalue weighted by atomic mass is 28.4. The van der Waals surface area contributed by atoms with Crippen LogP contribution in [0.4, 0.5) is 0 Å². The van der Waals surface area contributed by atoms with Crippen molar-refractivity contribution in [1.29, 1.82) is 0 Å². The molecule has 1 aliphatic rings. The molecule has 0 N–H and O–H groups in total. The van der Waals surface area contributed by atoms with Gasteiger partial charge in [0, 0.05) is 0 Å². The lowest BCUT2D eigenvalue weighted by Gasteiger charge is -2.40. The third-order valence-corrected chi connectivity index (χ3v) is 11.5. The maximum absolute atomic E-state index is 2.48. The highest BCUT2D eigenvalue weighted by Crippen LogP contribution is 2.46. The summed E-state index contributed by atoms with van der Waals surface area (Å²) in [7, 11) is -1.31. The van der Waals surface area contributed by atoms with Gasteiger partial charge < -0.3 is 0 Å². The van der Waals surface area contributed by atoms with E-state index in [0.29, 0.717) is 4.66 Å². The zero-order chi connectivity index (χ0) is 9.41. The third-order valence-electron chi connectivity index (χ3n) is 2.90. The first-order valence-corrected chi connectivity index (χ1v) is 10.6. The van der Waals surface area contributed by atoms with Crippen LogP contribution < -0.4 is 0 Å². The molecule has 0 aromatic rings. The summed E-state index contributed by atoms with van der Waals surface area (Å²) in [6.45, 7) is 12.3. The van der Waals surface area contributed by atoms with E-state index < -0.39 is 8.07 Å². The summed E-state index contributed by atoms with van der Waals surface area (Å²) in [5, 5.41) is 0. The molecule has 0 heterocycles. The van der Waals surface area contributed by atoms with Crippen molar-refractivity contribution in [1.82, 2.24) is 0 Å². The fraction of sp³-hybridized carbons (Fsp3) is 0.600. The van der Waals surface area contributed by atoms with Gasteiger partial charge in [0.05, 0.1) is 16.9 Å². The van der Waals surface area contributed by atoms with Gasteiger partial charge in [-0.05, 0) is 4.66 Å². The Hall–Kier alpha value is -0.0862. The third kappa shape index (κ3) is 1.38. The number of rotatable bonds is 2. The first-order valence-electron chi connectivity index (χ1n) is 4.58. The average Bonchev–Trinajstić information content (AvgIpc) is 2.31. The molecule has 0 bridgehead atoms. The average molecular weight is 195 g/mol. The van der Waals surface area contributed by atoms with Gasteiger partial charge in [-0.25, -0.2) is 0 Å². The van der Waals surface area contributed by atoms with Crippen LogP contribution in [0.5, 0.6) is 0 Å². The van der Waals surface area contributed by atoms with Crippen LogP contribution in [-0.4, -0.2) is 16.9 Å². The molecule has 1 radical (unpaired) electrons. The van der Waals surface area contributed by atoms with Gasteiger partial charge in [-0.1, -0.05) is 57.0 Å². The van der Waals surface area contributed by atoms with Gasteiger partial charge >= 0.3 is 0 Å². The summed E-state index contributed by atoms with van der Waals surface area (Å²) >= 11 is 0. The highest BCUT2D eigenvalue weighted by Gasteiger charge is 2.43. The Morgan fingerprint density at radius 3 is 1.58 bits per heavy atom. The summed E-state index contributed by atoms with van der Waals surface area (Å²) in [4.78, 5) is 0. The predicted molar refractivity (Wildman–Crippen MR) is 61.8 cm³/mol. The standard InChI is InChI=1S/C10H19Si2/c1-11(2)10(12(3,4)5)8-6-7-9-10/h6-9H,1-5H3. The Labute approximate surface area is 79.0 Å². The van der Waals surface area contributed by atoms with E-state index in [-0.39, 0.29) is 8.80 Å². The smallest absolute Gasteiger partial charge is 0.0559 e. The SMILES string of the molecule is C[Si](C)C1([Si](C)(C)C)C=CC=C1. The van der Waals surface area contributed by atoms with E-state index in [0.717, 1.165) is 0 Å². The fourth-order valence-corrected chi connectivity index (χ4v) is 10.1. The van der Waals surface area contributed by atoms with E-state index >= 15 is 0 Å². The Morgan fingerprint density at radius 1 is 1.00 bits per heavy atom. The summed E-state index contributed by atoms with van der Waals surface area (Å²) in [5.74, 6) is 0. The molecule has 0 atom stereocenters. The lowest BCUT2D eigenvalue weighted by atomic mass is 10.4. The van der Waals surface area contributed by atoms with Crippen molar-refractivity contribution in [2.45, 2.75) is 37.4 Å². The Kier molecular flexibility index (Phi) is 2.50. The Balaban J connectivity index is 3.05. The molecule has 2 heteroatoms. The van der Waals surface area contributed by atoms with Crippen LogP contribution in [0.25, 0.3) is 0 Å². The normalized spacial score (nSPS) is 20.8. The van der Waals surface area contributed by atoms with Crippen molar-refractivity contribution in [3.05, 3.63) is 24.3 Å². The molecule has 0 saturated carbocycles. The molecule has 1 rings (SSSR count). The summed E-state index contributed by atoms with van der Waals surface area (Å²) < 4.78 is 0.512. The minimum Gasteiger partial charge on any atom is -0.0802 e. The van der Waals surface area contributed by atoms with Gasteiger partial charge in [-0.2, -0.15) is 0 Å². The lowest BCUT2D eigenvalue weighted by Crippen LogP contribution is -2.44. The molecule has 67 valence electrons. The molecule has 0 aromatic carbocycles. The van der Waals surface area contributed by atoms with Crippen LogP contribution in [0.15, 0.2) is 24.3 Å². The van der Waals surface area contributed by atoms with E-state index in [2.05, 4.69) is 57.0 Å². The highest BCUT2D eigenvalue weighted by molar-refractivity contribution is 6.93. The van der Waals surface area contributed by atoms with Crippen molar-refractivity contribution in [2.24, 2.45) is 0 Å². The van der Waals surface area contributed by atoms with E-state index in [9.17, 15) is 0 Å². The molecule has 0 fully saturated rings. The van der Waals surface area contributed by atoms with Crippen LogP contribution in [0.2, 0.25) is 37.4 Å². The molecule has 0 aliphatic heterocycles. The molecule has 0 aromatic heterocycles. The molecule has 12 heavy (non-hydrogen) atoms. The maximum Gasteiger partial charge on any atom is 0.0559 e. The van der Waals surface area contributed by atoms with Gasteiger partial charge in [-0.15, -0.1) is 0 Å². The van der Waals surface area contributed by atoms with Crippen molar-refractivity contribution < 1.29 is 0 Å². The predicted octanol–water partition coefficient (Wildman–Crippen LogP) is 3.48. The molecule has 0 unspecified atom stereocenters. The van der Waals surface area contributed by atoms with E-state index in [1.807, 2.05) is 0 Å². The zero-order valence-electron chi connectivity index (χ0n) is 8.81. The van der Waals surface area contributed by atoms with Gasteiger partial charge in [0.2, 0.25) is 0 Å². The van der Waals surface area contributed by atoms with Crippen LogP contribution in [0.3, 0.4) is 0 Å². The van der Waals surface area contributed by atoms with Crippen molar-refractivity contribution >= 4 is 16.9 Å². The molecular weight excluding hydrogens is 176 g/mol. The van der Waals surface area contributed by atoms with Gasteiger partial charge in [0.1, 0.15) is 0 Å². The lowest BCUT2D eigenvalue weighted by molar-refractivity contribution is 1.13. The van der Waals surface area contributed by atoms with Crippen LogP contribution >= 0.6 is 0 Å². The van der Waals surface area contributed by atoms with Crippen LogP contribution in [0, 0.1) is 0 Å². The quantitative estimate of drug-likeness (QED) is 0.592. The summed E-state index contributed by atoms with van der Waals surface area (Å²) in [5.41, 5.74) is 0. The number of allylic oxidation sites excluding steroid dienone is 4. The number of hydrogen-bond donors (Lipinski definition) is 0. The van der Waals surface area contributed by atoms with Gasteiger partial charge in [-0.3, -0.25) is 0 Å². The van der Waals surface area contributed by atoms with Crippen LogP contribution in [0.1, 0.15) is 0 Å².